The fraction of sp³-hybridized carbons (Fsp3) is 0. The van der Waals surface area contributed by atoms with Gasteiger partial charge in [0.1, 0.15) is 5.82 Å². The molecule has 0 atom stereocenters. The van der Waals surface area contributed by atoms with Crippen LogP contribution in [0, 0.1) is 15.9 Å². The molecule has 0 aliphatic heterocycles. The molecule has 102 valence electrons. The molecule has 0 amide bonds. The average molecular weight is 292 g/mol. The molecule has 1 aromatic heterocycles. The first kappa shape index (κ1) is 13.8. The van der Waals surface area contributed by atoms with Gasteiger partial charge in [-0.1, -0.05) is 0 Å². The summed E-state index contributed by atoms with van der Waals surface area (Å²) in [6.45, 7) is 0. The van der Waals surface area contributed by atoms with E-state index in [1.807, 2.05) is 0 Å². The molecule has 2 aromatic rings. The molecule has 8 heteroatoms. The standard InChI is InChI=1S/C12H9FN4O2S/c13-10-4-3-9(17(18)19)6-11(10)16-12(20)15-8-2-1-5-14-7-8/h1-7H,(H2,15,16,20). The number of nitro groups is 1. The van der Waals surface area contributed by atoms with Crippen LogP contribution >= 0.6 is 12.2 Å². The van der Waals surface area contributed by atoms with Gasteiger partial charge in [0.2, 0.25) is 0 Å². The van der Waals surface area contributed by atoms with Crippen LogP contribution in [-0.4, -0.2) is 15.0 Å². The number of nitrogens with zero attached hydrogens (tertiary/aromatic N) is 2. The lowest BCUT2D eigenvalue weighted by Crippen LogP contribution is -2.19. The summed E-state index contributed by atoms with van der Waals surface area (Å²) in [4.78, 5) is 13.9. The summed E-state index contributed by atoms with van der Waals surface area (Å²) in [5.74, 6) is -0.633. The first-order valence-corrected chi connectivity index (χ1v) is 5.89. The number of nitrogens with one attached hydrogen (secondary N) is 2. The van der Waals surface area contributed by atoms with Crippen LogP contribution in [0.15, 0.2) is 42.7 Å². The predicted octanol–water partition coefficient (Wildman–Crippen LogP) is 2.94. The number of anilines is 2. The highest BCUT2D eigenvalue weighted by molar-refractivity contribution is 7.80. The Bertz CT molecular complexity index is 651. The minimum atomic E-state index is -0.633. The van der Waals surface area contributed by atoms with Crippen LogP contribution in [-0.2, 0) is 0 Å². The number of aromatic nitrogens is 1. The van der Waals surface area contributed by atoms with Gasteiger partial charge in [0, 0.05) is 18.3 Å². The van der Waals surface area contributed by atoms with Gasteiger partial charge in [-0.2, -0.15) is 0 Å². The lowest BCUT2D eigenvalue weighted by Gasteiger charge is -2.10. The summed E-state index contributed by atoms with van der Waals surface area (Å²) in [5.41, 5.74) is 0.328. The number of halogens is 1. The minimum absolute atomic E-state index is 0.0689. The molecular weight excluding hydrogens is 283 g/mol. The topological polar surface area (TPSA) is 80.1 Å². The van der Waals surface area contributed by atoms with E-state index in [9.17, 15) is 14.5 Å². The highest BCUT2D eigenvalue weighted by Crippen LogP contribution is 2.21. The normalized spacial score (nSPS) is 9.85. The second-order valence-corrected chi connectivity index (χ2v) is 4.15. The Morgan fingerprint density at radius 1 is 1.35 bits per heavy atom. The molecule has 0 radical (unpaired) electrons. The average Bonchev–Trinajstić information content (AvgIpc) is 2.42. The summed E-state index contributed by atoms with van der Waals surface area (Å²) < 4.78 is 13.5. The molecule has 2 rings (SSSR count). The van der Waals surface area contributed by atoms with Gasteiger partial charge in [0.15, 0.2) is 5.11 Å². The Balaban J connectivity index is 2.11. The van der Waals surface area contributed by atoms with Gasteiger partial charge < -0.3 is 10.6 Å². The molecule has 0 saturated heterocycles. The predicted molar refractivity (Wildman–Crippen MR) is 77.1 cm³/mol. The van der Waals surface area contributed by atoms with Gasteiger partial charge in [-0.3, -0.25) is 15.1 Å². The Morgan fingerprint density at radius 2 is 2.15 bits per heavy atom. The van der Waals surface area contributed by atoms with Crippen molar-refractivity contribution in [2.45, 2.75) is 0 Å². The molecule has 20 heavy (non-hydrogen) atoms. The van der Waals surface area contributed by atoms with E-state index in [-0.39, 0.29) is 16.5 Å². The molecule has 0 fully saturated rings. The maximum Gasteiger partial charge on any atom is 0.271 e. The third-order valence-corrected chi connectivity index (χ3v) is 2.53. The number of non-ortho nitro benzene ring substituents is 1. The first-order chi connectivity index (χ1) is 9.56. The van der Waals surface area contributed by atoms with Crippen molar-refractivity contribution in [3.05, 3.63) is 58.7 Å². The first-order valence-electron chi connectivity index (χ1n) is 5.48. The highest BCUT2D eigenvalue weighted by atomic mass is 32.1. The lowest BCUT2D eigenvalue weighted by molar-refractivity contribution is -0.384. The van der Waals surface area contributed by atoms with Crippen LogP contribution in [0.5, 0.6) is 0 Å². The largest absolute Gasteiger partial charge is 0.331 e. The summed E-state index contributed by atoms with van der Waals surface area (Å²) in [6, 6.07) is 6.60. The zero-order chi connectivity index (χ0) is 14.5. The van der Waals surface area contributed by atoms with E-state index in [2.05, 4.69) is 15.6 Å². The summed E-state index contributed by atoms with van der Waals surface area (Å²) in [7, 11) is 0. The number of hydrogen-bond donors (Lipinski definition) is 2. The molecule has 0 bridgehead atoms. The van der Waals surface area contributed by atoms with Crippen LogP contribution in [0.4, 0.5) is 21.5 Å². The molecule has 0 aliphatic carbocycles. The smallest absolute Gasteiger partial charge is 0.271 e. The van der Waals surface area contributed by atoms with Crippen molar-refractivity contribution in [1.82, 2.24) is 4.98 Å². The van der Waals surface area contributed by atoms with Crippen LogP contribution in [0.3, 0.4) is 0 Å². The lowest BCUT2D eigenvalue weighted by atomic mass is 10.2. The van der Waals surface area contributed by atoms with Gasteiger partial charge in [0.25, 0.3) is 5.69 Å². The van der Waals surface area contributed by atoms with Crippen LogP contribution < -0.4 is 10.6 Å². The van der Waals surface area contributed by atoms with E-state index in [0.29, 0.717) is 5.69 Å². The van der Waals surface area contributed by atoms with Crippen LogP contribution in [0.1, 0.15) is 0 Å². The monoisotopic (exact) mass is 292 g/mol. The van der Waals surface area contributed by atoms with E-state index in [4.69, 9.17) is 12.2 Å². The van der Waals surface area contributed by atoms with Crippen molar-refractivity contribution >= 4 is 34.4 Å². The van der Waals surface area contributed by atoms with Crippen molar-refractivity contribution in [3.63, 3.8) is 0 Å². The highest BCUT2D eigenvalue weighted by Gasteiger charge is 2.11. The Labute approximate surface area is 118 Å². The number of thiocarbonyl (C=S) groups is 1. The molecule has 0 saturated carbocycles. The number of hydrogen-bond acceptors (Lipinski definition) is 4. The molecule has 2 N–H and O–H groups in total. The molecule has 0 unspecified atom stereocenters. The second-order valence-electron chi connectivity index (χ2n) is 3.74. The Kier molecular flexibility index (Phi) is 4.16. The zero-order valence-corrected chi connectivity index (χ0v) is 10.9. The fourth-order valence-corrected chi connectivity index (χ4v) is 1.67. The van der Waals surface area contributed by atoms with E-state index in [1.165, 1.54) is 6.20 Å². The SMILES string of the molecule is O=[N+]([O-])c1ccc(F)c(NC(=S)Nc2cccnc2)c1. The van der Waals surface area contributed by atoms with Crippen LogP contribution in [0.2, 0.25) is 0 Å². The number of pyridine rings is 1. The summed E-state index contributed by atoms with van der Waals surface area (Å²) in [6.07, 6.45) is 3.14. The quantitative estimate of drug-likeness (QED) is 0.514. The van der Waals surface area contributed by atoms with E-state index in [0.717, 1.165) is 18.2 Å². The van der Waals surface area contributed by atoms with Gasteiger partial charge in [-0.25, -0.2) is 4.39 Å². The van der Waals surface area contributed by atoms with E-state index >= 15 is 0 Å². The molecule has 0 spiro atoms. The third kappa shape index (κ3) is 3.45. The van der Waals surface area contributed by atoms with Gasteiger partial charge in [-0.15, -0.1) is 0 Å². The summed E-state index contributed by atoms with van der Waals surface area (Å²) >= 11 is 5.00. The summed E-state index contributed by atoms with van der Waals surface area (Å²) in [5, 5.41) is 16.1. The van der Waals surface area contributed by atoms with Crippen LogP contribution in [0.25, 0.3) is 0 Å². The van der Waals surface area contributed by atoms with Crippen molar-refractivity contribution in [1.29, 1.82) is 0 Å². The molecule has 6 nitrogen and oxygen atoms in total. The van der Waals surface area contributed by atoms with Gasteiger partial charge >= 0.3 is 0 Å². The minimum Gasteiger partial charge on any atom is -0.331 e. The van der Waals surface area contributed by atoms with E-state index < -0.39 is 10.7 Å². The van der Waals surface area contributed by atoms with E-state index in [1.54, 1.807) is 18.3 Å². The Morgan fingerprint density at radius 3 is 2.80 bits per heavy atom. The fourth-order valence-electron chi connectivity index (χ4n) is 1.44. The van der Waals surface area contributed by atoms with Gasteiger partial charge in [-0.05, 0) is 30.4 Å². The number of rotatable bonds is 3. The third-order valence-electron chi connectivity index (χ3n) is 2.33. The van der Waals surface area contributed by atoms with Crippen molar-refractivity contribution in [3.8, 4) is 0 Å². The molecular formula is C12H9FN4O2S. The van der Waals surface area contributed by atoms with Gasteiger partial charge in [0.05, 0.1) is 22.5 Å². The van der Waals surface area contributed by atoms with Crippen molar-refractivity contribution in [2.75, 3.05) is 10.6 Å². The second kappa shape index (κ2) is 6.02. The molecule has 0 aliphatic rings. The van der Waals surface area contributed by atoms with Crippen molar-refractivity contribution in [2.24, 2.45) is 0 Å². The molecule has 1 heterocycles. The number of benzene rings is 1. The number of nitro benzene ring substituents is 1. The maximum atomic E-state index is 13.5. The Hall–Kier alpha value is -2.61. The molecule has 1 aromatic carbocycles. The zero-order valence-electron chi connectivity index (χ0n) is 10.0. The maximum absolute atomic E-state index is 13.5. The van der Waals surface area contributed by atoms with Crippen molar-refractivity contribution < 1.29 is 9.31 Å².